The summed E-state index contributed by atoms with van der Waals surface area (Å²) in [6, 6.07) is 0.0350. The molecule has 4 saturated heterocycles. The number of nitrogens with one attached hydrogen (secondary N) is 1. The number of piperazine rings is 2. The molecular formula is C35H59ClF4N6O4. The van der Waals surface area contributed by atoms with E-state index >= 15 is 0 Å². The summed E-state index contributed by atoms with van der Waals surface area (Å²) in [4.78, 5) is 47.6. The highest BCUT2D eigenvalue weighted by atomic mass is 35.5. The van der Waals surface area contributed by atoms with E-state index in [2.05, 4.69) is 15.1 Å². The van der Waals surface area contributed by atoms with Gasteiger partial charge < -0.3 is 19.9 Å². The zero-order valence-electron chi connectivity index (χ0n) is 30.2. The summed E-state index contributed by atoms with van der Waals surface area (Å²) in [5.74, 6) is -4.76. The van der Waals surface area contributed by atoms with E-state index in [0.29, 0.717) is 64.8 Å². The van der Waals surface area contributed by atoms with E-state index in [0.717, 1.165) is 52.0 Å². The van der Waals surface area contributed by atoms with E-state index in [1.165, 1.54) is 0 Å². The highest BCUT2D eigenvalue weighted by Crippen LogP contribution is 2.36. The first-order chi connectivity index (χ1) is 23.1. The Balaban J connectivity index is 0.000000229. The molecule has 10 nitrogen and oxygen atoms in total. The number of hydrogen-bond acceptors (Lipinski definition) is 7. The molecule has 6 aliphatic rings. The Morgan fingerprint density at radius 1 is 0.640 bits per heavy atom. The lowest BCUT2D eigenvalue weighted by atomic mass is 9.91. The summed E-state index contributed by atoms with van der Waals surface area (Å²) >= 11 is 0. The van der Waals surface area contributed by atoms with Gasteiger partial charge in [-0.15, -0.1) is 12.4 Å². The summed E-state index contributed by atoms with van der Waals surface area (Å²) in [7, 11) is 0. The van der Waals surface area contributed by atoms with E-state index < -0.39 is 29.6 Å². The third kappa shape index (κ3) is 11.1. The molecular weight excluding hydrogens is 680 g/mol. The molecule has 4 heterocycles. The molecule has 50 heavy (non-hydrogen) atoms. The molecule has 0 aromatic carbocycles. The van der Waals surface area contributed by atoms with Gasteiger partial charge in [0.05, 0.1) is 6.04 Å². The molecule has 2 aliphatic carbocycles. The zero-order valence-corrected chi connectivity index (χ0v) is 31.0. The third-order valence-corrected chi connectivity index (χ3v) is 11.2. The number of ether oxygens (including phenoxy) is 1. The molecule has 0 unspecified atom stereocenters. The smallest absolute Gasteiger partial charge is 0.410 e. The second-order valence-corrected chi connectivity index (χ2v) is 15.9. The lowest BCUT2D eigenvalue weighted by Crippen LogP contribution is -2.56. The van der Waals surface area contributed by atoms with Gasteiger partial charge in [0.1, 0.15) is 11.6 Å². The van der Waals surface area contributed by atoms with Gasteiger partial charge in [-0.2, -0.15) is 0 Å². The molecule has 0 bridgehead atoms. The number of hydrogen-bond donors (Lipinski definition) is 1. The standard InChI is InChI=1S/C20H33F2N3O3.C15H25F2N3O.ClH/c1-19(2,3)28-18(27)25-10-4-5-16(25)17(26)24-13-11-23(12-14-24)15-6-8-20(21,22)9-7-15;16-15(17)5-3-12(4-6-15)19-8-10-20(11-9-19)14(21)13-2-1-7-18-13;/h15-16H,4-14H2,1-3H3;12-13,18H,1-11H2;1H/t16-;13-;/m00./s1. The van der Waals surface area contributed by atoms with Gasteiger partial charge in [0, 0.05) is 96.7 Å². The maximum atomic E-state index is 13.4. The van der Waals surface area contributed by atoms with Crippen LogP contribution in [0, 0.1) is 0 Å². The number of carbonyl (C=O) groups is 3. The highest BCUT2D eigenvalue weighted by Gasteiger charge is 2.42. The van der Waals surface area contributed by atoms with Gasteiger partial charge in [-0.1, -0.05) is 0 Å². The van der Waals surface area contributed by atoms with Crippen LogP contribution < -0.4 is 5.32 Å². The quantitative estimate of drug-likeness (QED) is 0.407. The Kier molecular flexibility index (Phi) is 14.1. The number of nitrogens with zero attached hydrogens (tertiary/aromatic N) is 5. The number of halogens is 5. The lowest BCUT2D eigenvalue weighted by Gasteiger charge is -2.42. The largest absolute Gasteiger partial charge is 0.444 e. The lowest BCUT2D eigenvalue weighted by molar-refractivity contribution is -0.138. The Labute approximate surface area is 301 Å². The first-order valence-electron chi connectivity index (χ1n) is 18.7. The van der Waals surface area contributed by atoms with E-state index in [1.54, 1.807) is 4.90 Å². The van der Waals surface area contributed by atoms with Gasteiger partial charge in [-0.3, -0.25) is 24.3 Å². The molecule has 6 fully saturated rings. The molecule has 0 aromatic heterocycles. The fraction of sp³-hybridized carbons (Fsp3) is 0.914. The van der Waals surface area contributed by atoms with Crippen molar-refractivity contribution in [2.24, 2.45) is 0 Å². The van der Waals surface area contributed by atoms with Crippen molar-refractivity contribution in [3.63, 3.8) is 0 Å². The van der Waals surface area contributed by atoms with E-state index in [4.69, 9.17) is 4.74 Å². The van der Waals surface area contributed by atoms with Crippen LogP contribution >= 0.6 is 12.4 Å². The van der Waals surface area contributed by atoms with Crippen LogP contribution in [-0.4, -0.2) is 149 Å². The van der Waals surface area contributed by atoms with Crippen molar-refractivity contribution in [2.75, 3.05) is 65.4 Å². The minimum Gasteiger partial charge on any atom is -0.444 e. The maximum Gasteiger partial charge on any atom is 0.410 e. The van der Waals surface area contributed by atoms with Crippen LogP contribution in [0.15, 0.2) is 0 Å². The summed E-state index contributed by atoms with van der Waals surface area (Å²) in [6.07, 6.45) is 5.23. The summed E-state index contributed by atoms with van der Waals surface area (Å²) in [5.41, 5.74) is -0.588. The normalized spacial score (nSPS) is 28.4. The minimum atomic E-state index is -2.51. The van der Waals surface area contributed by atoms with Crippen molar-refractivity contribution in [1.29, 1.82) is 0 Å². The molecule has 0 aromatic rings. The Morgan fingerprint density at radius 2 is 1.10 bits per heavy atom. The Morgan fingerprint density at radius 3 is 1.52 bits per heavy atom. The van der Waals surface area contributed by atoms with Crippen molar-refractivity contribution < 1.29 is 36.7 Å². The van der Waals surface area contributed by atoms with Gasteiger partial charge in [-0.05, 0) is 78.7 Å². The number of amides is 3. The molecule has 0 radical (unpaired) electrons. The first kappa shape index (κ1) is 40.9. The van der Waals surface area contributed by atoms with E-state index in [-0.39, 0.29) is 68.0 Å². The highest BCUT2D eigenvalue weighted by molar-refractivity contribution is 5.86. The number of likely N-dealkylation sites (tertiary alicyclic amines) is 1. The molecule has 3 amide bonds. The van der Waals surface area contributed by atoms with Gasteiger partial charge in [0.15, 0.2) is 0 Å². The number of alkyl halides is 4. The second kappa shape index (κ2) is 17.3. The van der Waals surface area contributed by atoms with Gasteiger partial charge in [0.2, 0.25) is 23.7 Å². The predicted molar refractivity (Wildman–Crippen MR) is 185 cm³/mol. The number of carbonyl (C=O) groups excluding carboxylic acids is 3. The fourth-order valence-electron chi connectivity index (χ4n) is 8.28. The van der Waals surface area contributed by atoms with Crippen molar-refractivity contribution in [2.45, 2.75) is 139 Å². The topological polar surface area (TPSA) is 88.7 Å². The third-order valence-electron chi connectivity index (χ3n) is 11.2. The average Bonchev–Trinajstić information content (AvgIpc) is 3.78. The monoisotopic (exact) mass is 738 g/mol. The van der Waals surface area contributed by atoms with Gasteiger partial charge >= 0.3 is 6.09 Å². The molecule has 288 valence electrons. The molecule has 6 rings (SSSR count). The van der Waals surface area contributed by atoms with E-state index in [1.807, 2.05) is 30.6 Å². The van der Waals surface area contributed by atoms with Crippen molar-refractivity contribution in [3.8, 4) is 0 Å². The summed E-state index contributed by atoms with van der Waals surface area (Å²) < 4.78 is 58.6. The maximum absolute atomic E-state index is 13.4. The van der Waals surface area contributed by atoms with Gasteiger partial charge in [0.25, 0.3) is 0 Å². The van der Waals surface area contributed by atoms with Crippen LogP contribution in [0.5, 0.6) is 0 Å². The molecule has 0 spiro atoms. The van der Waals surface area contributed by atoms with Crippen LogP contribution in [0.4, 0.5) is 22.4 Å². The number of rotatable bonds is 4. The molecule has 2 saturated carbocycles. The second-order valence-electron chi connectivity index (χ2n) is 15.9. The van der Waals surface area contributed by atoms with Crippen molar-refractivity contribution >= 4 is 30.3 Å². The molecule has 1 N–H and O–H groups in total. The molecule has 2 atom stereocenters. The average molecular weight is 739 g/mol. The van der Waals surface area contributed by atoms with Crippen molar-refractivity contribution in [3.05, 3.63) is 0 Å². The van der Waals surface area contributed by atoms with Crippen LogP contribution in [0.25, 0.3) is 0 Å². The van der Waals surface area contributed by atoms with Crippen molar-refractivity contribution in [1.82, 2.24) is 29.8 Å². The minimum absolute atomic E-state index is 0. The summed E-state index contributed by atoms with van der Waals surface area (Å²) in [6.45, 7) is 12.7. The SMILES string of the molecule is CC(C)(C)OC(=O)N1CCC[C@H]1C(=O)N1CCN(C2CCC(F)(F)CC2)CC1.Cl.O=C([C@@H]1CCCN1)N1CCN(C2CCC(F)(F)CC2)CC1. The molecule has 4 aliphatic heterocycles. The van der Waals surface area contributed by atoms with E-state index in [9.17, 15) is 31.9 Å². The summed E-state index contributed by atoms with van der Waals surface area (Å²) in [5, 5.41) is 3.25. The van der Waals surface area contributed by atoms with Crippen LogP contribution in [0.2, 0.25) is 0 Å². The Bertz CT molecular complexity index is 1120. The fourth-order valence-corrected chi connectivity index (χ4v) is 8.28. The molecule has 15 heteroatoms. The Hall–Kier alpha value is -1.90. The van der Waals surface area contributed by atoms with Crippen LogP contribution in [0.1, 0.15) is 97.8 Å². The zero-order chi connectivity index (χ0) is 35.4. The first-order valence-corrected chi connectivity index (χ1v) is 18.7. The predicted octanol–water partition coefficient (Wildman–Crippen LogP) is 4.99. The van der Waals surface area contributed by atoms with Crippen LogP contribution in [0.3, 0.4) is 0 Å². The van der Waals surface area contributed by atoms with Gasteiger partial charge in [-0.25, -0.2) is 22.4 Å². The van der Waals surface area contributed by atoms with Crippen LogP contribution in [-0.2, 0) is 14.3 Å².